The molecule has 0 saturated heterocycles. The Morgan fingerprint density at radius 2 is 1.69 bits per heavy atom. The molecule has 154 valence electrons. The summed E-state index contributed by atoms with van der Waals surface area (Å²) in [6, 6.07) is 0. The van der Waals surface area contributed by atoms with Crippen LogP contribution in [0.2, 0.25) is 0 Å². The largest absolute Gasteiger partial charge is 0.469 e. The molecule has 5 N–H and O–H groups in total. The molecule has 0 aliphatic rings. The highest BCUT2D eigenvalue weighted by molar-refractivity contribution is 7.46. The smallest absolute Gasteiger partial charge is 0.383 e. The molecule has 10 heteroatoms. The Hall–Kier alpha value is -0.990. The zero-order chi connectivity index (χ0) is 20.2. The van der Waals surface area contributed by atoms with Gasteiger partial charge in [0, 0.05) is 24.9 Å². The molecule has 0 aromatic rings. The van der Waals surface area contributed by atoms with Gasteiger partial charge in [-0.25, -0.2) is 4.57 Å². The van der Waals surface area contributed by atoms with Crippen molar-refractivity contribution in [2.45, 2.75) is 65.4 Å². The summed E-state index contributed by atoms with van der Waals surface area (Å²) in [5.41, 5.74) is -1.20. The van der Waals surface area contributed by atoms with Crippen molar-refractivity contribution in [1.29, 1.82) is 0 Å². The number of phosphoric ester groups is 1. The molecule has 0 aromatic carbocycles. The van der Waals surface area contributed by atoms with Gasteiger partial charge in [-0.2, -0.15) is 0 Å². The molecule has 1 atom stereocenters. The van der Waals surface area contributed by atoms with Crippen LogP contribution in [-0.2, 0) is 18.7 Å². The van der Waals surface area contributed by atoms with Crippen LogP contribution in [0.4, 0.5) is 0 Å². The van der Waals surface area contributed by atoms with Gasteiger partial charge in [0.15, 0.2) is 0 Å². The van der Waals surface area contributed by atoms with Crippen molar-refractivity contribution in [3.63, 3.8) is 0 Å². The lowest BCUT2D eigenvalue weighted by Gasteiger charge is -2.29. The van der Waals surface area contributed by atoms with E-state index in [2.05, 4.69) is 22.1 Å². The molecule has 0 unspecified atom stereocenters. The maximum Gasteiger partial charge on any atom is 0.469 e. The predicted octanol–water partition coefficient (Wildman–Crippen LogP) is 1.08. The third-order valence-corrected chi connectivity index (χ3v) is 4.31. The number of amides is 2. The lowest BCUT2D eigenvalue weighted by Crippen LogP contribution is -2.46. The van der Waals surface area contributed by atoms with Gasteiger partial charge in [-0.3, -0.25) is 14.1 Å². The van der Waals surface area contributed by atoms with Gasteiger partial charge in [0.2, 0.25) is 11.8 Å². The molecule has 0 bridgehead atoms. The summed E-state index contributed by atoms with van der Waals surface area (Å²) >= 11 is 0. The van der Waals surface area contributed by atoms with E-state index in [0.717, 1.165) is 19.3 Å². The van der Waals surface area contributed by atoms with Gasteiger partial charge in [0.05, 0.1) is 6.61 Å². The fraction of sp³-hybridized carbons (Fsp3) is 0.875. The van der Waals surface area contributed by atoms with E-state index in [4.69, 9.17) is 9.79 Å². The highest BCUT2D eigenvalue weighted by Crippen LogP contribution is 2.38. The van der Waals surface area contributed by atoms with E-state index in [1.54, 1.807) is 0 Å². The van der Waals surface area contributed by atoms with Crippen LogP contribution in [0.25, 0.3) is 0 Å². The van der Waals surface area contributed by atoms with Crippen LogP contribution in [0.1, 0.15) is 59.3 Å². The summed E-state index contributed by atoms with van der Waals surface area (Å²) in [7, 11) is -4.68. The Morgan fingerprint density at radius 3 is 2.27 bits per heavy atom. The molecule has 0 rings (SSSR count). The minimum Gasteiger partial charge on any atom is -0.383 e. The highest BCUT2D eigenvalue weighted by Gasteiger charge is 2.35. The van der Waals surface area contributed by atoms with Crippen molar-refractivity contribution >= 4 is 19.6 Å². The van der Waals surface area contributed by atoms with Gasteiger partial charge in [-0.15, -0.1) is 0 Å². The van der Waals surface area contributed by atoms with E-state index in [-0.39, 0.29) is 18.9 Å². The molecule has 0 spiro atoms. The van der Waals surface area contributed by atoms with Crippen LogP contribution in [0, 0.1) is 5.41 Å². The average molecular weight is 396 g/mol. The lowest BCUT2D eigenvalue weighted by molar-refractivity contribution is -0.137. The van der Waals surface area contributed by atoms with Gasteiger partial charge < -0.3 is 25.5 Å². The van der Waals surface area contributed by atoms with Crippen molar-refractivity contribution in [2.24, 2.45) is 5.41 Å². The maximum absolute atomic E-state index is 11.9. The number of nitrogens with one attached hydrogen (secondary N) is 2. The summed E-state index contributed by atoms with van der Waals surface area (Å²) in [4.78, 5) is 41.0. The Balaban J connectivity index is 4.01. The quantitative estimate of drug-likeness (QED) is 0.218. The third kappa shape index (κ3) is 12.4. The summed E-state index contributed by atoms with van der Waals surface area (Å²) in [5, 5.41) is 15.2. The average Bonchev–Trinajstić information content (AvgIpc) is 2.55. The number of carbonyl (C=O) groups is 2. The number of aliphatic hydroxyl groups excluding tert-OH is 1. The number of phosphoric acid groups is 1. The van der Waals surface area contributed by atoms with E-state index < -0.39 is 31.9 Å². The summed E-state index contributed by atoms with van der Waals surface area (Å²) in [6.07, 6.45) is 4.07. The number of aliphatic hydroxyl groups is 1. The first kappa shape index (κ1) is 25.0. The predicted molar refractivity (Wildman–Crippen MR) is 97.2 cm³/mol. The van der Waals surface area contributed by atoms with Crippen molar-refractivity contribution in [3.05, 3.63) is 0 Å². The lowest BCUT2D eigenvalue weighted by atomic mass is 9.87. The van der Waals surface area contributed by atoms with E-state index in [0.29, 0.717) is 6.54 Å². The minimum atomic E-state index is -4.68. The molecule has 0 aliphatic heterocycles. The normalized spacial score (nSPS) is 13.3. The van der Waals surface area contributed by atoms with Crippen LogP contribution in [0.5, 0.6) is 0 Å². The van der Waals surface area contributed by atoms with Crippen LogP contribution in [0.15, 0.2) is 0 Å². The van der Waals surface area contributed by atoms with Crippen LogP contribution in [-0.4, -0.2) is 52.5 Å². The monoisotopic (exact) mass is 396 g/mol. The minimum absolute atomic E-state index is 0.0625. The fourth-order valence-electron chi connectivity index (χ4n) is 2.12. The van der Waals surface area contributed by atoms with Crippen LogP contribution in [0.3, 0.4) is 0 Å². The molecule has 0 radical (unpaired) electrons. The Labute approximate surface area is 155 Å². The number of rotatable bonds is 14. The second kappa shape index (κ2) is 12.4. The first-order valence-corrected chi connectivity index (χ1v) is 10.4. The second-order valence-corrected chi connectivity index (χ2v) is 8.20. The molecule has 2 amide bonds. The first-order chi connectivity index (χ1) is 12.0. The van der Waals surface area contributed by atoms with E-state index >= 15 is 0 Å². The summed E-state index contributed by atoms with van der Waals surface area (Å²) in [5.74, 6) is -0.906. The fourth-order valence-corrected chi connectivity index (χ4v) is 2.63. The SMILES string of the molecule is CCCCCCCNC(=O)CCNC(=O)[C@H](O)C(C)(C)COP(=O)(O)O. The van der Waals surface area contributed by atoms with E-state index in [9.17, 15) is 19.3 Å². The molecular formula is C16H33N2O7P. The van der Waals surface area contributed by atoms with Crippen molar-refractivity contribution in [2.75, 3.05) is 19.7 Å². The maximum atomic E-state index is 11.9. The topological polar surface area (TPSA) is 145 Å². The molecule has 0 saturated carbocycles. The highest BCUT2D eigenvalue weighted by atomic mass is 31.2. The molecule has 0 fully saturated rings. The van der Waals surface area contributed by atoms with Crippen LogP contribution >= 0.6 is 7.82 Å². The second-order valence-electron chi connectivity index (χ2n) is 6.96. The molecule has 9 nitrogen and oxygen atoms in total. The standard InChI is InChI=1S/C16H33N2O7P/c1-4-5-6-7-8-10-17-13(19)9-11-18-15(21)14(20)16(2,3)12-25-26(22,23)24/h14,20H,4-12H2,1-3H3,(H,17,19)(H,18,21)(H2,22,23,24)/t14-/m0/s1. The van der Waals surface area contributed by atoms with E-state index in [1.165, 1.54) is 26.7 Å². The number of hydrogen-bond donors (Lipinski definition) is 5. The van der Waals surface area contributed by atoms with Gasteiger partial charge in [-0.05, 0) is 6.42 Å². The van der Waals surface area contributed by atoms with Crippen LogP contribution < -0.4 is 10.6 Å². The Kier molecular flexibility index (Phi) is 11.9. The van der Waals surface area contributed by atoms with Crippen molar-refractivity contribution in [1.82, 2.24) is 10.6 Å². The molecular weight excluding hydrogens is 363 g/mol. The van der Waals surface area contributed by atoms with Crippen molar-refractivity contribution < 1.29 is 33.6 Å². The zero-order valence-electron chi connectivity index (χ0n) is 15.9. The zero-order valence-corrected chi connectivity index (χ0v) is 16.8. The van der Waals surface area contributed by atoms with Crippen molar-refractivity contribution in [3.8, 4) is 0 Å². The summed E-state index contributed by atoms with van der Waals surface area (Å²) in [6.45, 7) is 5.19. The van der Waals surface area contributed by atoms with Gasteiger partial charge in [0.1, 0.15) is 6.10 Å². The van der Waals surface area contributed by atoms with E-state index in [1.807, 2.05) is 0 Å². The number of hydrogen-bond acceptors (Lipinski definition) is 5. The number of unbranched alkanes of at least 4 members (excludes halogenated alkanes) is 4. The van der Waals surface area contributed by atoms with Gasteiger partial charge >= 0.3 is 7.82 Å². The number of carbonyl (C=O) groups excluding carboxylic acids is 2. The van der Waals surface area contributed by atoms with Gasteiger partial charge in [-0.1, -0.05) is 46.5 Å². The first-order valence-electron chi connectivity index (χ1n) is 8.92. The molecule has 0 aliphatic carbocycles. The molecule has 26 heavy (non-hydrogen) atoms. The Bertz CT molecular complexity index is 479. The third-order valence-electron chi connectivity index (χ3n) is 3.85. The summed E-state index contributed by atoms with van der Waals surface area (Å²) < 4.78 is 15.1. The Morgan fingerprint density at radius 1 is 1.08 bits per heavy atom. The molecule has 0 heterocycles. The molecule has 0 aromatic heterocycles. The van der Waals surface area contributed by atoms with Gasteiger partial charge in [0.25, 0.3) is 0 Å².